The van der Waals surface area contributed by atoms with Gasteiger partial charge in [-0.15, -0.1) is 0 Å². The highest BCUT2D eigenvalue weighted by Crippen LogP contribution is 2.48. The summed E-state index contributed by atoms with van der Waals surface area (Å²) < 4.78 is 33.8. The van der Waals surface area contributed by atoms with Crippen molar-refractivity contribution in [2.75, 3.05) is 17.9 Å². The topological polar surface area (TPSA) is 233 Å². The average molecular weight is 429 g/mol. The number of amidine groups is 1. The maximum Gasteiger partial charge on any atom is 0.469 e. The number of aliphatic hydroxyl groups is 2. The van der Waals surface area contributed by atoms with E-state index in [-0.39, 0.29) is 17.3 Å². The summed E-state index contributed by atoms with van der Waals surface area (Å²) in [5, 5.41) is 20.3. The van der Waals surface area contributed by atoms with Gasteiger partial charge in [0.2, 0.25) is 0 Å². The minimum atomic E-state index is -4.84. The average Bonchev–Trinajstić information content (AvgIpc) is 3.08. The van der Waals surface area contributed by atoms with Crippen LogP contribution in [0.25, 0.3) is 0 Å². The van der Waals surface area contributed by atoms with Crippen LogP contribution >= 0.6 is 15.6 Å². The van der Waals surface area contributed by atoms with Gasteiger partial charge in [0.05, 0.1) is 12.9 Å². The van der Waals surface area contributed by atoms with E-state index in [1.165, 1.54) is 0 Å². The maximum absolute atomic E-state index is 11.8. The standard InChI is InChI=1S/C10H17N5O10P2/c11-8-5-9(15(3-13-8)26(18,19)20)14(2-12-5)10-7(17)6(16)4(25-10)1-24-27(21,22)23/h2,4,6-7,10,16-17H,1,3H2,(H2,11,13)(H2,18,19,20)(H2,21,22,23)/t4-,6-,7-,10-/m1/s1. The molecule has 2 aliphatic rings. The van der Waals surface area contributed by atoms with Crippen LogP contribution in [0, 0.1) is 0 Å². The van der Waals surface area contributed by atoms with Gasteiger partial charge in [-0.1, -0.05) is 0 Å². The Balaban J connectivity index is 1.93. The predicted octanol–water partition coefficient (Wildman–Crippen LogP) is -2.81. The summed E-state index contributed by atoms with van der Waals surface area (Å²) >= 11 is 0. The van der Waals surface area contributed by atoms with Crippen LogP contribution in [0.1, 0.15) is 11.9 Å². The zero-order chi connectivity index (χ0) is 20.1. The summed E-state index contributed by atoms with van der Waals surface area (Å²) in [5.74, 6) is -0.286. The zero-order valence-corrected chi connectivity index (χ0v) is 15.2. The number of hydrogen-bond acceptors (Lipinski definition) is 9. The molecule has 15 nitrogen and oxygen atoms in total. The van der Waals surface area contributed by atoms with E-state index in [0.717, 1.165) is 10.9 Å². The van der Waals surface area contributed by atoms with Gasteiger partial charge in [-0.3, -0.25) is 9.09 Å². The monoisotopic (exact) mass is 429 g/mol. The largest absolute Gasteiger partial charge is 0.469 e. The Morgan fingerprint density at radius 3 is 2.52 bits per heavy atom. The number of aliphatic imine (C=N–C) groups is 1. The van der Waals surface area contributed by atoms with Gasteiger partial charge in [-0.25, -0.2) is 23.8 Å². The first-order chi connectivity index (χ1) is 12.4. The molecule has 0 bridgehead atoms. The van der Waals surface area contributed by atoms with E-state index in [1.807, 2.05) is 0 Å². The van der Waals surface area contributed by atoms with E-state index in [0.29, 0.717) is 4.67 Å². The van der Waals surface area contributed by atoms with E-state index in [9.17, 15) is 29.1 Å². The van der Waals surface area contributed by atoms with Crippen molar-refractivity contribution in [1.82, 2.24) is 9.55 Å². The number of ether oxygens (including phenoxy) is 1. The number of anilines is 1. The highest BCUT2D eigenvalue weighted by Gasteiger charge is 2.47. The molecule has 0 aliphatic carbocycles. The molecule has 0 amide bonds. The number of fused-ring (bicyclic) bond motifs is 1. The van der Waals surface area contributed by atoms with Crippen LogP contribution in [0.3, 0.4) is 0 Å². The minimum absolute atomic E-state index is 0.0650. The van der Waals surface area contributed by atoms with Gasteiger partial charge in [-0.2, -0.15) is 0 Å². The van der Waals surface area contributed by atoms with Crippen molar-refractivity contribution in [3.05, 3.63) is 12.0 Å². The molecule has 0 saturated carbocycles. The van der Waals surface area contributed by atoms with Crippen LogP contribution < -0.4 is 10.4 Å². The molecule has 0 aromatic carbocycles. The van der Waals surface area contributed by atoms with E-state index < -0.39 is 53.4 Å². The fourth-order valence-electron chi connectivity index (χ4n) is 2.74. The van der Waals surface area contributed by atoms with Crippen LogP contribution in [0.15, 0.2) is 11.3 Å². The van der Waals surface area contributed by atoms with E-state index >= 15 is 0 Å². The van der Waals surface area contributed by atoms with Gasteiger partial charge in [0.25, 0.3) is 0 Å². The number of rotatable bonds is 5. The molecule has 3 rings (SSSR count). The van der Waals surface area contributed by atoms with E-state index in [1.54, 1.807) is 0 Å². The Morgan fingerprint density at radius 2 is 1.93 bits per heavy atom. The number of phosphoric ester groups is 1. The third kappa shape index (κ3) is 3.93. The molecule has 0 unspecified atom stereocenters. The number of imidazole rings is 1. The second-order valence-corrected chi connectivity index (χ2v) is 8.50. The van der Waals surface area contributed by atoms with Crippen LogP contribution in [0.5, 0.6) is 0 Å². The summed E-state index contributed by atoms with van der Waals surface area (Å²) in [6.45, 7) is -1.22. The van der Waals surface area contributed by atoms with Gasteiger partial charge in [0.15, 0.2) is 12.0 Å². The smallest absolute Gasteiger partial charge is 0.387 e. The molecule has 1 saturated heterocycles. The fourth-order valence-corrected chi connectivity index (χ4v) is 3.75. The first-order valence-corrected chi connectivity index (χ1v) is 10.4. The van der Waals surface area contributed by atoms with E-state index in [4.69, 9.17) is 20.3 Å². The molecule has 0 radical (unpaired) electrons. The highest BCUT2D eigenvalue weighted by atomic mass is 31.2. The second kappa shape index (κ2) is 6.90. The summed E-state index contributed by atoms with van der Waals surface area (Å²) in [6, 6.07) is 0. The maximum atomic E-state index is 11.8. The van der Waals surface area contributed by atoms with Gasteiger partial charge >= 0.3 is 15.6 Å². The quantitative estimate of drug-likeness (QED) is 0.234. The van der Waals surface area contributed by atoms with Crippen LogP contribution in [0.2, 0.25) is 0 Å². The van der Waals surface area contributed by atoms with Crippen molar-refractivity contribution in [1.29, 1.82) is 0 Å². The highest BCUT2D eigenvalue weighted by molar-refractivity contribution is 7.53. The zero-order valence-electron chi connectivity index (χ0n) is 13.4. The molecule has 3 heterocycles. The van der Waals surface area contributed by atoms with Crippen LogP contribution in [-0.2, 0) is 18.4 Å². The van der Waals surface area contributed by atoms with Crippen molar-refractivity contribution < 1.29 is 48.2 Å². The number of nitrogens with two attached hydrogens (primary N) is 1. The van der Waals surface area contributed by atoms with Crippen LogP contribution in [-0.4, -0.2) is 76.8 Å². The summed E-state index contributed by atoms with van der Waals surface area (Å²) in [7, 11) is -9.68. The molecule has 17 heteroatoms. The summed E-state index contributed by atoms with van der Waals surface area (Å²) in [4.78, 5) is 44.2. The van der Waals surface area contributed by atoms with Gasteiger partial charge in [0, 0.05) is 0 Å². The van der Waals surface area contributed by atoms with Crippen molar-refractivity contribution in [2.24, 2.45) is 10.7 Å². The molecule has 1 aromatic rings. The Labute approximate surface area is 151 Å². The van der Waals surface area contributed by atoms with Gasteiger partial charge in [-0.05, 0) is 0 Å². The second-order valence-electron chi connectivity index (χ2n) is 5.75. The van der Waals surface area contributed by atoms with Crippen molar-refractivity contribution in [2.45, 2.75) is 24.5 Å². The Bertz CT molecular complexity index is 847. The Hall–Kier alpha value is -1.38. The molecule has 27 heavy (non-hydrogen) atoms. The molecule has 0 spiro atoms. The van der Waals surface area contributed by atoms with Crippen molar-refractivity contribution in [3.63, 3.8) is 0 Å². The normalized spacial score (nSPS) is 29.0. The molecular weight excluding hydrogens is 412 g/mol. The lowest BCUT2D eigenvalue weighted by Gasteiger charge is -2.30. The molecule has 4 atom stereocenters. The lowest BCUT2D eigenvalue weighted by atomic mass is 10.1. The van der Waals surface area contributed by atoms with Crippen molar-refractivity contribution in [3.8, 4) is 0 Å². The molecule has 8 N–H and O–H groups in total. The minimum Gasteiger partial charge on any atom is -0.387 e. The number of phosphoric acid groups is 1. The molecule has 2 aliphatic heterocycles. The summed E-state index contributed by atoms with van der Waals surface area (Å²) in [5.41, 5.74) is 5.62. The molecule has 1 fully saturated rings. The third-order valence-corrected chi connectivity index (χ3v) is 5.39. The molecule has 1 aromatic heterocycles. The number of aromatic nitrogens is 2. The fraction of sp³-hybridized carbons (Fsp3) is 0.600. The van der Waals surface area contributed by atoms with Crippen molar-refractivity contribution >= 4 is 27.2 Å². The number of hydrogen-bond donors (Lipinski definition) is 7. The Kier molecular flexibility index (Phi) is 5.20. The predicted molar refractivity (Wildman–Crippen MR) is 86.3 cm³/mol. The lowest BCUT2D eigenvalue weighted by molar-refractivity contribution is -0.0513. The summed E-state index contributed by atoms with van der Waals surface area (Å²) in [6.07, 6.45) is -4.85. The Morgan fingerprint density at radius 1 is 1.26 bits per heavy atom. The SMILES string of the molecule is NC1=NCN(P(=O)(O)O)c2c1ncn2[C@@H]1O[C@H](COP(=O)(O)O)[C@@H](O)[C@H]1O. The number of aliphatic hydroxyl groups excluding tert-OH is 2. The number of nitrogens with zero attached hydrogens (tertiary/aromatic N) is 4. The molecule has 152 valence electrons. The van der Waals surface area contributed by atoms with Crippen LogP contribution in [0.4, 0.5) is 5.82 Å². The third-order valence-electron chi connectivity index (χ3n) is 3.96. The van der Waals surface area contributed by atoms with Gasteiger partial charge < -0.3 is 40.3 Å². The van der Waals surface area contributed by atoms with Gasteiger partial charge in [0.1, 0.15) is 36.5 Å². The molecular formula is C10H17N5O10P2. The first-order valence-electron chi connectivity index (χ1n) is 7.32. The van der Waals surface area contributed by atoms with E-state index in [2.05, 4.69) is 14.5 Å². The lowest BCUT2D eigenvalue weighted by Crippen LogP contribution is -2.35. The first kappa shape index (κ1) is 20.4.